The van der Waals surface area contributed by atoms with Crippen LogP contribution in [0.4, 0.5) is 0 Å². The van der Waals surface area contributed by atoms with E-state index in [0.717, 1.165) is 39.6 Å². The van der Waals surface area contributed by atoms with Gasteiger partial charge in [-0.15, -0.1) is 0 Å². The first kappa shape index (κ1) is 15.2. The maximum Gasteiger partial charge on any atom is 0.121 e. The average molecular weight is 309 g/mol. The SMILES string of the molecule is COc1ccc(-c2cc(CO)ccn2)c(-n2nc(C)cc2C)c1. The number of hydrogen-bond acceptors (Lipinski definition) is 4. The average Bonchev–Trinajstić information content (AvgIpc) is 2.92. The molecule has 5 heteroatoms. The summed E-state index contributed by atoms with van der Waals surface area (Å²) in [5, 5.41) is 13.9. The van der Waals surface area contributed by atoms with E-state index in [1.807, 2.05) is 48.9 Å². The molecular formula is C18H19N3O2. The van der Waals surface area contributed by atoms with Crippen molar-refractivity contribution in [1.82, 2.24) is 14.8 Å². The van der Waals surface area contributed by atoms with Crippen molar-refractivity contribution >= 4 is 0 Å². The summed E-state index contributed by atoms with van der Waals surface area (Å²) in [4.78, 5) is 4.44. The van der Waals surface area contributed by atoms with Crippen molar-refractivity contribution in [2.75, 3.05) is 7.11 Å². The van der Waals surface area contributed by atoms with Crippen LogP contribution < -0.4 is 4.74 Å². The van der Waals surface area contributed by atoms with Gasteiger partial charge in [0.2, 0.25) is 0 Å². The van der Waals surface area contributed by atoms with Gasteiger partial charge in [0.15, 0.2) is 0 Å². The molecule has 1 N–H and O–H groups in total. The van der Waals surface area contributed by atoms with Crippen molar-refractivity contribution in [3.8, 4) is 22.7 Å². The molecule has 2 heterocycles. The van der Waals surface area contributed by atoms with Gasteiger partial charge in [-0.3, -0.25) is 4.98 Å². The van der Waals surface area contributed by atoms with Crippen LogP contribution in [-0.2, 0) is 6.61 Å². The number of aliphatic hydroxyl groups excluding tert-OH is 1. The van der Waals surface area contributed by atoms with Gasteiger partial charge in [-0.25, -0.2) is 4.68 Å². The predicted molar refractivity (Wildman–Crippen MR) is 88.7 cm³/mol. The van der Waals surface area contributed by atoms with Gasteiger partial charge >= 0.3 is 0 Å². The summed E-state index contributed by atoms with van der Waals surface area (Å²) in [6.45, 7) is 3.97. The second-order valence-corrected chi connectivity index (χ2v) is 5.43. The number of benzene rings is 1. The minimum atomic E-state index is -0.0130. The zero-order valence-corrected chi connectivity index (χ0v) is 13.4. The molecule has 0 aliphatic carbocycles. The molecule has 0 amide bonds. The third-order valence-corrected chi connectivity index (χ3v) is 3.73. The van der Waals surface area contributed by atoms with Crippen molar-refractivity contribution in [2.45, 2.75) is 20.5 Å². The van der Waals surface area contributed by atoms with Gasteiger partial charge in [0.25, 0.3) is 0 Å². The number of ether oxygens (including phenoxy) is 1. The number of hydrogen-bond donors (Lipinski definition) is 1. The molecule has 5 nitrogen and oxygen atoms in total. The summed E-state index contributed by atoms with van der Waals surface area (Å²) in [5.41, 5.74) is 5.44. The zero-order chi connectivity index (χ0) is 16.4. The lowest BCUT2D eigenvalue weighted by Crippen LogP contribution is -2.03. The fourth-order valence-electron chi connectivity index (χ4n) is 2.62. The van der Waals surface area contributed by atoms with Gasteiger partial charge < -0.3 is 9.84 Å². The Morgan fingerprint density at radius 1 is 1.13 bits per heavy atom. The highest BCUT2D eigenvalue weighted by atomic mass is 16.5. The second-order valence-electron chi connectivity index (χ2n) is 5.43. The predicted octanol–water partition coefficient (Wildman–Crippen LogP) is 3.05. The molecular weight excluding hydrogens is 290 g/mol. The van der Waals surface area contributed by atoms with Crippen molar-refractivity contribution in [3.63, 3.8) is 0 Å². The highest BCUT2D eigenvalue weighted by Crippen LogP contribution is 2.30. The normalized spacial score (nSPS) is 10.8. The van der Waals surface area contributed by atoms with Crippen LogP contribution in [0.5, 0.6) is 5.75 Å². The van der Waals surface area contributed by atoms with Crippen molar-refractivity contribution in [2.24, 2.45) is 0 Å². The van der Waals surface area contributed by atoms with Crippen molar-refractivity contribution < 1.29 is 9.84 Å². The summed E-state index contributed by atoms with van der Waals surface area (Å²) in [5.74, 6) is 0.759. The van der Waals surface area contributed by atoms with Gasteiger partial charge in [-0.05, 0) is 49.7 Å². The lowest BCUT2D eigenvalue weighted by Gasteiger charge is -2.13. The number of aliphatic hydroxyl groups is 1. The topological polar surface area (TPSA) is 60.2 Å². The number of nitrogens with zero attached hydrogens (tertiary/aromatic N) is 3. The van der Waals surface area contributed by atoms with Crippen LogP contribution >= 0.6 is 0 Å². The zero-order valence-electron chi connectivity index (χ0n) is 13.4. The van der Waals surface area contributed by atoms with E-state index in [4.69, 9.17) is 4.74 Å². The molecule has 118 valence electrons. The molecule has 0 unspecified atom stereocenters. The Balaban J connectivity index is 2.22. The first-order valence-electron chi connectivity index (χ1n) is 7.40. The molecule has 3 aromatic rings. The molecule has 0 aliphatic heterocycles. The number of methoxy groups -OCH3 is 1. The summed E-state index contributed by atoms with van der Waals surface area (Å²) >= 11 is 0. The fourth-order valence-corrected chi connectivity index (χ4v) is 2.62. The Bertz CT molecular complexity index is 840. The summed E-state index contributed by atoms with van der Waals surface area (Å²) in [6.07, 6.45) is 1.70. The van der Waals surface area contributed by atoms with Crippen LogP contribution in [0.3, 0.4) is 0 Å². The van der Waals surface area contributed by atoms with Crippen LogP contribution in [0.25, 0.3) is 16.9 Å². The third-order valence-electron chi connectivity index (χ3n) is 3.73. The van der Waals surface area contributed by atoms with E-state index in [2.05, 4.69) is 10.1 Å². The highest BCUT2D eigenvalue weighted by molar-refractivity contribution is 5.72. The van der Waals surface area contributed by atoms with Gasteiger partial charge in [0, 0.05) is 23.5 Å². The molecule has 3 rings (SSSR count). The van der Waals surface area contributed by atoms with Crippen LogP contribution in [0.1, 0.15) is 17.0 Å². The van der Waals surface area contributed by atoms with E-state index in [1.54, 1.807) is 19.4 Å². The quantitative estimate of drug-likeness (QED) is 0.804. The first-order chi connectivity index (χ1) is 11.1. The standard InChI is InChI=1S/C18H19N3O2/c1-12-8-13(2)21(20-12)18-10-15(23-3)4-5-16(18)17-9-14(11-22)6-7-19-17/h4-10,22H,11H2,1-3H3. The van der Waals surface area contributed by atoms with Crippen LogP contribution in [-0.4, -0.2) is 27.0 Å². The molecule has 23 heavy (non-hydrogen) atoms. The first-order valence-corrected chi connectivity index (χ1v) is 7.40. The minimum absolute atomic E-state index is 0.0130. The smallest absolute Gasteiger partial charge is 0.121 e. The Morgan fingerprint density at radius 2 is 1.96 bits per heavy atom. The lowest BCUT2D eigenvalue weighted by atomic mass is 10.1. The van der Waals surface area contributed by atoms with Gasteiger partial charge in [0.1, 0.15) is 5.75 Å². The van der Waals surface area contributed by atoms with Gasteiger partial charge in [0.05, 0.1) is 30.8 Å². The molecule has 0 atom stereocenters. The van der Waals surface area contributed by atoms with Crippen LogP contribution in [0, 0.1) is 13.8 Å². The van der Waals surface area contributed by atoms with Crippen molar-refractivity contribution in [1.29, 1.82) is 0 Å². The molecule has 0 fully saturated rings. The maximum atomic E-state index is 9.36. The Hall–Kier alpha value is -2.66. The third kappa shape index (κ3) is 2.96. The summed E-state index contributed by atoms with van der Waals surface area (Å²) < 4.78 is 7.25. The molecule has 0 saturated carbocycles. The molecule has 0 aliphatic rings. The maximum absolute atomic E-state index is 9.36. The monoisotopic (exact) mass is 309 g/mol. The van der Waals surface area contributed by atoms with E-state index in [-0.39, 0.29) is 6.61 Å². The Morgan fingerprint density at radius 3 is 2.61 bits per heavy atom. The number of aryl methyl sites for hydroxylation is 2. The largest absolute Gasteiger partial charge is 0.497 e. The molecule has 0 bridgehead atoms. The van der Waals surface area contributed by atoms with Crippen LogP contribution in [0.2, 0.25) is 0 Å². The van der Waals surface area contributed by atoms with E-state index < -0.39 is 0 Å². The highest BCUT2D eigenvalue weighted by Gasteiger charge is 2.13. The van der Waals surface area contributed by atoms with E-state index in [9.17, 15) is 5.11 Å². The fraction of sp³-hybridized carbons (Fsp3) is 0.222. The molecule has 0 spiro atoms. The molecule has 2 aromatic heterocycles. The second kappa shape index (κ2) is 6.22. The summed E-state index contributed by atoms with van der Waals surface area (Å²) in [7, 11) is 1.64. The number of rotatable bonds is 4. The lowest BCUT2D eigenvalue weighted by molar-refractivity contribution is 0.282. The number of aromatic nitrogens is 3. The summed E-state index contributed by atoms with van der Waals surface area (Å²) in [6, 6.07) is 11.5. The van der Waals surface area contributed by atoms with Gasteiger partial charge in [-0.2, -0.15) is 5.10 Å². The Labute approximate surface area is 135 Å². The molecule has 1 aromatic carbocycles. The van der Waals surface area contributed by atoms with Crippen molar-refractivity contribution in [3.05, 3.63) is 59.5 Å². The number of pyridine rings is 1. The molecule has 0 radical (unpaired) electrons. The van der Waals surface area contributed by atoms with E-state index >= 15 is 0 Å². The minimum Gasteiger partial charge on any atom is -0.497 e. The van der Waals surface area contributed by atoms with Crippen LogP contribution in [0.15, 0.2) is 42.6 Å². The van der Waals surface area contributed by atoms with Gasteiger partial charge in [-0.1, -0.05) is 0 Å². The van der Waals surface area contributed by atoms with E-state index in [0.29, 0.717) is 0 Å². The molecule has 0 saturated heterocycles. The Kier molecular flexibility index (Phi) is 4.12. The van der Waals surface area contributed by atoms with E-state index in [1.165, 1.54) is 0 Å².